The molecule has 0 spiro atoms. The van der Waals surface area contributed by atoms with Crippen molar-refractivity contribution in [1.29, 1.82) is 0 Å². The van der Waals surface area contributed by atoms with Gasteiger partial charge in [-0.3, -0.25) is 9.59 Å². The van der Waals surface area contributed by atoms with Gasteiger partial charge in [-0.25, -0.2) is 19.6 Å². The number of aromatic nitrogens is 4. The van der Waals surface area contributed by atoms with Gasteiger partial charge in [0.15, 0.2) is 0 Å². The van der Waals surface area contributed by atoms with Gasteiger partial charge in [0, 0.05) is 36.4 Å². The van der Waals surface area contributed by atoms with E-state index in [1.165, 1.54) is 33.5 Å². The summed E-state index contributed by atoms with van der Waals surface area (Å²) in [6.07, 6.45) is 3.89. The van der Waals surface area contributed by atoms with Crippen molar-refractivity contribution in [2.75, 3.05) is 40.5 Å². The van der Waals surface area contributed by atoms with E-state index in [2.05, 4.69) is 76.1 Å². The number of alkyl carbamates (subject to hydrolysis) is 2. The molecule has 2 aliphatic heterocycles. The van der Waals surface area contributed by atoms with Gasteiger partial charge in [0.1, 0.15) is 23.7 Å². The van der Waals surface area contributed by atoms with E-state index in [4.69, 9.17) is 24.2 Å². The van der Waals surface area contributed by atoms with Gasteiger partial charge in [-0.05, 0) is 95.5 Å². The number of hydrogen-bond donors (Lipinski definition) is 4. The molecule has 6 aromatic rings. The van der Waals surface area contributed by atoms with Crippen LogP contribution in [0.25, 0.3) is 54.7 Å². The second-order valence-corrected chi connectivity index (χ2v) is 19.5. The van der Waals surface area contributed by atoms with Crippen molar-refractivity contribution in [2.24, 2.45) is 29.6 Å². The number of nitrogens with one attached hydrogen (secondary N) is 4. The number of methoxy groups -OCH3 is 2. The molecule has 4 aromatic carbocycles. The van der Waals surface area contributed by atoms with E-state index in [1.54, 1.807) is 0 Å². The minimum atomic E-state index is -0.748. The highest BCUT2D eigenvalue weighted by Gasteiger charge is 2.43. The summed E-state index contributed by atoms with van der Waals surface area (Å²) in [6, 6.07) is 19.1. The topological polar surface area (TPSA) is 184 Å². The predicted octanol–water partition coefficient (Wildman–Crippen LogP) is 8.79. The average Bonchev–Trinajstić information content (AvgIpc) is 4.11. The van der Waals surface area contributed by atoms with Crippen LogP contribution in [0.3, 0.4) is 0 Å². The zero-order valence-corrected chi connectivity index (χ0v) is 39.0. The van der Waals surface area contributed by atoms with Gasteiger partial charge in [0.2, 0.25) is 11.8 Å². The summed E-state index contributed by atoms with van der Waals surface area (Å²) in [5.74, 6) is 1.89. The van der Waals surface area contributed by atoms with Gasteiger partial charge in [0.25, 0.3) is 0 Å². The minimum Gasteiger partial charge on any atom is -0.453 e. The van der Waals surface area contributed by atoms with E-state index in [0.717, 1.165) is 79.4 Å². The van der Waals surface area contributed by atoms with Crippen molar-refractivity contribution in [1.82, 2.24) is 40.4 Å². The van der Waals surface area contributed by atoms with E-state index < -0.39 is 24.3 Å². The Morgan fingerprint density at radius 1 is 0.667 bits per heavy atom. The number of carbonyl (C=O) groups is 4. The molecule has 6 atom stereocenters. The third-order valence-electron chi connectivity index (χ3n) is 14.1. The SMILES string of the molecule is COC(=O)N[C@H](C(=O)N1C[C@@H](C)C[C@H]1c1nc2ccc3cc(-c4ccc5c(ccc6nc([C@@H]7C[C@H](COCC8CCC8)CN7C(=O)[C@@H](NC(=O)OC)C(C)C)[nH]c65)c4)ccc3c2[nH]1)C(C)C. The summed E-state index contributed by atoms with van der Waals surface area (Å²) in [7, 11) is 2.60. The first-order valence-corrected chi connectivity index (χ1v) is 23.5. The van der Waals surface area contributed by atoms with Crippen LogP contribution < -0.4 is 10.6 Å². The first-order valence-electron chi connectivity index (χ1n) is 23.5. The van der Waals surface area contributed by atoms with Crippen LogP contribution in [0.15, 0.2) is 60.7 Å². The van der Waals surface area contributed by atoms with Crippen molar-refractivity contribution < 1.29 is 33.4 Å². The van der Waals surface area contributed by atoms with Crippen LogP contribution in [0.2, 0.25) is 0 Å². The van der Waals surface area contributed by atoms with Crippen molar-refractivity contribution in [3.8, 4) is 11.1 Å². The first kappa shape index (κ1) is 45.0. The maximum atomic E-state index is 14.3. The van der Waals surface area contributed by atoms with Crippen LogP contribution in [0, 0.1) is 29.6 Å². The van der Waals surface area contributed by atoms with Crippen molar-refractivity contribution in [2.45, 2.75) is 90.9 Å². The van der Waals surface area contributed by atoms with Gasteiger partial charge in [-0.15, -0.1) is 0 Å². The lowest BCUT2D eigenvalue weighted by molar-refractivity contribution is -0.136. The molecule has 2 saturated heterocycles. The number of imidazole rings is 2. The molecule has 15 heteroatoms. The maximum Gasteiger partial charge on any atom is 0.407 e. The van der Waals surface area contributed by atoms with Gasteiger partial charge in [0.05, 0.1) is 55.0 Å². The first-order chi connectivity index (χ1) is 31.8. The zero-order chi connectivity index (χ0) is 46.4. The van der Waals surface area contributed by atoms with Crippen molar-refractivity contribution in [3.63, 3.8) is 0 Å². The molecular weight excluding hydrogens is 837 g/mol. The molecule has 1 aliphatic carbocycles. The molecule has 66 heavy (non-hydrogen) atoms. The average molecular weight is 899 g/mol. The van der Waals surface area contributed by atoms with E-state index in [-0.39, 0.29) is 47.6 Å². The third-order valence-corrected chi connectivity index (χ3v) is 14.1. The number of nitrogens with zero attached hydrogens (tertiary/aromatic N) is 4. The van der Waals surface area contributed by atoms with Crippen LogP contribution in [0.4, 0.5) is 9.59 Å². The Morgan fingerprint density at radius 2 is 1.15 bits per heavy atom. The summed E-state index contributed by atoms with van der Waals surface area (Å²) < 4.78 is 15.9. The van der Waals surface area contributed by atoms with Gasteiger partial charge in [-0.1, -0.05) is 77.4 Å². The molecule has 0 radical (unpaired) electrons. The number of aromatic amines is 2. The Bertz CT molecular complexity index is 2790. The smallest absolute Gasteiger partial charge is 0.407 e. The van der Waals surface area contributed by atoms with E-state index >= 15 is 0 Å². The molecule has 4 heterocycles. The molecule has 15 nitrogen and oxygen atoms in total. The molecule has 1 saturated carbocycles. The lowest BCUT2D eigenvalue weighted by atomic mass is 9.86. The Hall–Kier alpha value is -6.22. The lowest BCUT2D eigenvalue weighted by Crippen LogP contribution is -2.51. The zero-order valence-electron chi connectivity index (χ0n) is 39.0. The molecular formula is C51H62N8O7. The fraction of sp³-hybridized carbons (Fsp3) is 0.490. The number of amides is 4. The number of ether oxygens (including phenoxy) is 3. The maximum absolute atomic E-state index is 14.3. The van der Waals surface area contributed by atoms with Crippen LogP contribution in [-0.4, -0.2) is 106 Å². The summed E-state index contributed by atoms with van der Waals surface area (Å²) in [5, 5.41) is 9.69. The van der Waals surface area contributed by atoms with E-state index in [9.17, 15) is 19.2 Å². The number of benzene rings is 4. The molecule has 348 valence electrons. The Kier molecular flexibility index (Phi) is 12.7. The summed E-state index contributed by atoms with van der Waals surface area (Å²) in [6.45, 7) is 12.2. The Balaban J connectivity index is 0.976. The standard InChI is InChI=1S/C51H62N8O7/c1-27(2)42(56-50(62)64-6)48(60)58-23-29(5)19-40(58)46-52-38-17-13-34-21-32(11-15-36(34)44(38)54-46)33-12-16-37-35(22-33)14-18-39-45(37)55-47(53-39)41-20-31(26-66-25-30-9-8-10-30)24-59(41)49(61)43(28(3)4)57-51(63)65-7/h11-18,21-22,27-31,40-43H,8-10,19-20,23-26H2,1-7H3,(H,52,54)(H,53,55)(H,56,62)(H,57,63)/t29-,31-,40-,41-,42-,43-/m0/s1. The summed E-state index contributed by atoms with van der Waals surface area (Å²) in [5.41, 5.74) is 5.61. The highest BCUT2D eigenvalue weighted by Crippen LogP contribution is 2.40. The molecule has 3 fully saturated rings. The number of likely N-dealkylation sites (tertiary alicyclic amines) is 2. The van der Waals surface area contributed by atoms with Crippen LogP contribution in [0.5, 0.6) is 0 Å². The molecule has 4 amide bonds. The van der Waals surface area contributed by atoms with Gasteiger partial charge >= 0.3 is 12.2 Å². The summed E-state index contributed by atoms with van der Waals surface area (Å²) in [4.78, 5) is 73.7. The highest BCUT2D eigenvalue weighted by molar-refractivity contribution is 6.07. The van der Waals surface area contributed by atoms with Crippen LogP contribution >= 0.6 is 0 Å². The molecule has 0 bridgehead atoms. The molecule has 4 N–H and O–H groups in total. The normalized spacial score (nSPS) is 21.0. The Morgan fingerprint density at radius 3 is 1.62 bits per heavy atom. The largest absolute Gasteiger partial charge is 0.453 e. The monoisotopic (exact) mass is 898 g/mol. The fourth-order valence-electron chi connectivity index (χ4n) is 10.2. The molecule has 2 aromatic heterocycles. The lowest BCUT2D eigenvalue weighted by Gasteiger charge is -2.30. The summed E-state index contributed by atoms with van der Waals surface area (Å²) >= 11 is 0. The van der Waals surface area contributed by atoms with Gasteiger partial charge in [-0.2, -0.15) is 0 Å². The second-order valence-electron chi connectivity index (χ2n) is 19.5. The van der Waals surface area contributed by atoms with Crippen LogP contribution in [-0.2, 0) is 23.8 Å². The van der Waals surface area contributed by atoms with Crippen LogP contribution in [0.1, 0.15) is 90.5 Å². The van der Waals surface area contributed by atoms with Gasteiger partial charge < -0.3 is 44.6 Å². The second kappa shape index (κ2) is 18.6. The van der Waals surface area contributed by atoms with E-state index in [0.29, 0.717) is 32.0 Å². The number of hydrogen-bond acceptors (Lipinski definition) is 9. The quantitative estimate of drug-likeness (QED) is 0.0880. The number of fused-ring (bicyclic) bond motifs is 6. The molecule has 3 aliphatic rings. The fourth-order valence-corrected chi connectivity index (χ4v) is 10.2. The highest BCUT2D eigenvalue weighted by atomic mass is 16.5. The van der Waals surface area contributed by atoms with Crippen molar-refractivity contribution in [3.05, 3.63) is 72.3 Å². The Labute approximate surface area is 384 Å². The third kappa shape index (κ3) is 8.77. The molecule has 0 unspecified atom stereocenters. The number of carbonyl (C=O) groups excluding carboxylic acids is 4. The predicted molar refractivity (Wildman–Crippen MR) is 253 cm³/mol. The van der Waals surface area contributed by atoms with E-state index in [1.807, 2.05) is 49.6 Å². The number of rotatable bonds is 13. The number of H-pyrrole nitrogens is 2. The minimum absolute atomic E-state index is 0.127. The van der Waals surface area contributed by atoms with Crippen molar-refractivity contribution >= 4 is 67.6 Å². The molecule has 9 rings (SSSR count).